The van der Waals surface area contributed by atoms with Gasteiger partial charge in [0.15, 0.2) is 0 Å². The lowest BCUT2D eigenvalue weighted by molar-refractivity contribution is -0.274. The average molecular weight is 346 g/mol. The fraction of sp³-hybridized carbons (Fsp3) is 0.188. The normalized spacial score (nSPS) is 12.6. The summed E-state index contributed by atoms with van der Waals surface area (Å²) in [6, 6.07) is 8.63. The second-order valence-corrected chi connectivity index (χ2v) is 4.66. The van der Waals surface area contributed by atoms with Gasteiger partial charge in [-0.05, 0) is 35.7 Å². The van der Waals surface area contributed by atoms with Crippen molar-refractivity contribution in [3.8, 4) is 5.75 Å². The molecule has 8 heteroatoms. The fourth-order valence-electron chi connectivity index (χ4n) is 1.90. The summed E-state index contributed by atoms with van der Waals surface area (Å²) < 4.78 is 78.1. The Hall–Kier alpha value is -2.51. The van der Waals surface area contributed by atoms with Gasteiger partial charge in [0.2, 0.25) is 0 Å². The van der Waals surface area contributed by atoms with Crippen molar-refractivity contribution < 1.29 is 31.1 Å². The van der Waals surface area contributed by atoms with Crippen molar-refractivity contribution in [2.75, 3.05) is 0 Å². The Labute approximate surface area is 133 Å². The van der Waals surface area contributed by atoms with Crippen molar-refractivity contribution in [2.24, 2.45) is 0 Å². The predicted molar refractivity (Wildman–Crippen MR) is 73.9 cm³/mol. The Morgan fingerprint density at radius 3 is 2.29 bits per heavy atom. The van der Waals surface area contributed by atoms with Crippen molar-refractivity contribution >= 4 is 6.08 Å². The van der Waals surface area contributed by atoms with E-state index in [1.165, 1.54) is 30.4 Å². The highest BCUT2D eigenvalue weighted by atomic mass is 19.4. The molecule has 1 heterocycles. The van der Waals surface area contributed by atoms with Crippen molar-refractivity contribution in [3.63, 3.8) is 0 Å². The Balaban J connectivity index is 2.05. The summed E-state index contributed by atoms with van der Waals surface area (Å²) >= 11 is 0. The van der Waals surface area contributed by atoms with E-state index in [1.807, 2.05) is 0 Å². The molecule has 0 bridgehead atoms. The van der Waals surface area contributed by atoms with E-state index in [0.717, 1.165) is 18.3 Å². The molecule has 0 unspecified atom stereocenters. The van der Waals surface area contributed by atoms with Crippen LogP contribution in [0.3, 0.4) is 0 Å². The molecule has 0 N–H and O–H groups in total. The van der Waals surface area contributed by atoms with Crippen LogP contribution >= 0.6 is 0 Å². The minimum absolute atomic E-state index is 0.0417. The third kappa shape index (κ3) is 5.29. The van der Waals surface area contributed by atoms with Gasteiger partial charge < -0.3 is 4.74 Å². The first-order valence-corrected chi connectivity index (χ1v) is 6.60. The second-order valence-electron chi connectivity index (χ2n) is 4.66. The van der Waals surface area contributed by atoms with Crippen molar-refractivity contribution in [3.05, 3.63) is 65.5 Å². The molecule has 24 heavy (non-hydrogen) atoms. The monoisotopic (exact) mass is 346 g/mol. The molecule has 0 aliphatic heterocycles. The molecule has 2 rings (SSSR count). The van der Waals surface area contributed by atoms with Crippen LogP contribution < -0.4 is 4.74 Å². The van der Waals surface area contributed by atoms with Crippen LogP contribution in [0.5, 0.6) is 5.75 Å². The van der Waals surface area contributed by atoms with E-state index in [-0.39, 0.29) is 17.7 Å². The van der Waals surface area contributed by atoms with E-state index in [2.05, 4.69) is 15.8 Å². The van der Waals surface area contributed by atoms with Gasteiger partial charge in [-0.2, -0.15) is 13.2 Å². The number of pyridine rings is 1. The fourth-order valence-corrected chi connectivity index (χ4v) is 1.90. The third-order valence-corrected chi connectivity index (χ3v) is 2.86. The molecule has 2 nitrogen and oxygen atoms in total. The maximum absolute atomic E-state index is 12.8. The number of aromatic nitrogens is 1. The van der Waals surface area contributed by atoms with Crippen LogP contribution in [0, 0.1) is 6.07 Å². The summed E-state index contributed by atoms with van der Waals surface area (Å²) in [6.45, 7) is 0. The summed E-state index contributed by atoms with van der Waals surface area (Å²) in [5.74, 6) is -0.374. The molecular formula is C16H10F6NO. The minimum atomic E-state index is -4.78. The van der Waals surface area contributed by atoms with Gasteiger partial charge in [0.25, 0.3) is 0 Å². The minimum Gasteiger partial charge on any atom is -0.406 e. The van der Waals surface area contributed by atoms with Crippen LogP contribution in [0.2, 0.25) is 0 Å². The maximum Gasteiger partial charge on any atom is 0.573 e. The number of hydrogen-bond donors (Lipinski definition) is 0. The summed E-state index contributed by atoms with van der Waals surface area (Å²) in [6.07, 6.45) is -5.49. The maximum atomic E-state index is 12.8. The zero-order valence-electron chi connectivity index (χ0n) is 11.9. The van der Waals surface area contributed by atoms with E-state index >= 15 is 0 Å². The SMILES string of the molecule is FC(F)(F)Oc1ccc(C=CCc2c[c]cnc2C(F)(F)F)cc1. The first-order chi connectivity index (χ1) is 11.1. The molecule has 2 aromatic rings. The molecule has 1 aromatic heterocycles. The summed E-state index contributed by atoms with van der Waals surface area (Å²) in [4.78, 5) is 3.28. The van der Waals surface area contributed by atoms with Gasteiger partial charge in [-0.1, -0.05) is 24.3 Å². The van der Waals surface area contributed by atoms with E-state index < -0.39 is 18.2 Å². The summed E-state index contributed by atoms with van der Waals surface area (Å²) in [7, 11) is 0. The van der Waals surface area contributed by atoms with Crippen LogP contribution in [0.4, 0.5) is 26.3 Å². The summed E-state index contributed by atoms with van der Waals surface area (Å²) in [5, 5.41) is 0. The van der Waals surface area contributed by atoms with Crippen molar-refractivity contribution in [1.29, 1.82) is 0 Å². The number of hydrogen-bond acceptors (Lipinski definition) is 2. The summed E-state index contributed by atoms with van der Waals surface area (Å²) in [5.41, 5.74) is -0.510. The lowest BCUT2D eigenvalue weighted by Gasteiger charge is -2.09. The molecule has 0 saturated heterocycles. The molecule has 127 valence electrons. The number of benzene rings is 1. The molecule has 1 radical (unpaired) electrons. The Morgan fingerprint density at radius 2 is 1.71 bits per heavy atom. The van der Waals surface area contributed by atoms with Gasteiger partial charge in [0, 0.05) is 12.3 Å². The predicted octanol–water partition coefficient (Wildman–Crippen LogP) is 5.06. The third-order valence-electron chi connectivity index (χ3n) is 2.86. The topological polar surface area (TPSA) is 22.1 Å². The zero-order chi connectivity index (χ0) is 17.8. The number of rotatable bonds is 4. The number of nitrogens with zero attached hydrogens (tertiary/aromatic N) is 1. The molecule has 0 aliphatic carbocycles. The molecule has 0 atom stereocenters. The van der Waals surface area contributed by atoms with Gasteiger partial charge in [-0.15, -0.1) is 13.2 Å². The Morgan fingerprint density at radius 1 is 1.04 bits per heavy atom. The van der Waals surface area contributed by atoms with Crippen LogP contribution in [-0.2, 0) is 12.6 Å². The molecule has 0 aliphatic rings. The van der Waals surface area contributed by atoms with Crippen molar-refractivity contribution in [2.45, 2.75) is 19.0 Å². The van der Waals surface area contributed by atoms with Crippen LogP contribution in [0.15, 0.2) is 42.6 Å². The van der Waals surface area contributed by atoms with E-state index in [4.69, 9.17) is 0 Å². The average Bonchev–Trinajstić information content (AvgIpc) is 2.47. The van der Waals surface area contributed by atoms with Crippen molar-refractivity contribution in [1.82, 2.24) is 4.98 Å². The highest BCUT2D eigenvalue weighted by Gasteiger charge is 2.34. The standard InChI is InChI=1S/C16H10F6NO/c17-15(18,19)14-12(5-2-10-23-14)4-1-3-11-6-8-13(9-7-11)24-16(20,21)22/h1,3,5-10H,4H2. The Bertz CT molecular complexity index is 704. The number of halogens is 6. The highest BCUT2D eigenvalue weighted by molar-refractivity contribution is 5.51. The first kappa shape index (κ1) is 17.8. The number of ether oxygens (including phenoxy) is 1. The van der Waals surface area contributed by atoms with Crippen LogP contribution in [0.1, 0.15) is 16.8 Å². The lowest BCUT2D eigenvalue weighted by Crippen LogP contribution is -2.16. The van der Waals surface area contributed by atoms with E-state index in [0.29, 0.717) is 5.56 Å². The number of allylic oxidation sites excluding steroid dienone is 1. The smallest absolute Gasteiger partial charge is 0.406 e. The highest BCUT2D eigenvalue weighted by Crippen LogP contribution is 2.30. The number of alkyl halides is 6. The van der Waals surface area contributed by atoms with Gasteiger partial charge >= 0.3 is 12.5 Å². The van der Waals surface area contributed by atoms with Gasteiger partial charge in [-0.25, -0.2) is 0 Å². The van der Waals surface area contributed by atoms with Crippen LogP contribution in [-0.4, -0.2) is 11.3 Å². The Kier molecular flexibility index (Phi) is 5.16. The largest absolute Gasteiger partial charge is 0.573 e. The van der Waals surface area contributed by atoms with Gasteiger partial charge in [-0.3, -0.25) is 4.98 Å². The molecular weight excluding hydrogens is 336 g/mol. The molecule has 0 spiro atoms. The quantitative estimate of drug-likeness (QED) is 0.723. The van der Waals surface area contributed by atoms with E-state index in [9.17, 15) is 26.3 Å². The first-order valence-electron chi connectivity index (χ1n) is 6.60. The zero-order valence-corrected chi connectivity index (χ0v) is 11.9. The van der Waals surface area contributed by atoms with Gasteiger partial charge in [0.1, 0.15) is 11.4 Å². The molecule has 0 saturated carbocycles. The van der Waals surface area contributed by atoms with E-state index in [1.54, 1.807) is 0 Å². The lowest BCUT2D eigenvalue weighted by atomic mass is 10.1. The molecule has 1 aromatic carbocycles. The van der Waals surface area contributed by atoms with Gasteiger partial charge in [0.05, 0.1) is 0 Å². The molecule has 0 amide bonds. The second kappa shape index (κ2) is 6.94. The molecule has 0 fully saturated rings. The van der Waals surface area contributed by atoms with Crippen LogP contribution in [0.25, 0.3) is 6.08 Å².